The lowest BCUT2D eigenvalue weighted by molar-refractivity contribution is 0.201. The molecule has 0 radical (unpaired) electrons. The van der Waals surface area contributed by atoms with Crippen molar-refractivity contribution in [2.24, 2.45) is 5.16 Å². The van der Waals surface area contributed by atoms with Crippen LogP contribution in [0, 0.1) is 0 Å². The summed E-state index contributed by atoms with van der Waals surface area (Å²) in [5.41, 5.74) is 3.03. The first-order valence-electron chi connectivity index (χ1n) is 5.20. The Morgan fingerprint density at radius 1 is 1.44 bits per heavy atom. The number of methoxy groups -OCH3 is 1. The van der Waals surface area contributed by atoms with Crippen LogP contribution in [0.25, 0.3) is 0 Å². The molecular formula is C12H15NO3. The van der Waals surface area contributed by atoms with Gasteiger partial charge in [-0.2, -0.15) is 0 Å². The quantitative estimate of drug-likeness (QED) is 0.573. The van der Waals surface area contributed by atoms with E-state index in [0.29, 0.717) is 6.61 Å². The summed E-state index contributed by atoms with van der Waals surface area (Å²) in [6.45, 7) is 1.20. The maximum absolute atomic E-state index is 5.45. The number of fused-ring (bicyclic) bond motifs is 1. The van der Waals surface area contributed by atoms with E-state index in [1.54, 1.807) is 7.11 Å². The molecule has 4 nitrogen and oxygen atoms in total. The van der Waals surface area contributed by atoms with Crippen molar-refractivity contribution in [1.82, 2.24) is 0 Å². The molecule has 1 aliphatic heterocycles. The first-order valence-corrected chi connectivity index (χ1v) is 5.20. The number of oxime groups is 1. The van der Waals surface area contributed by atoms with E-state index in [1.807, 2.05) is 12.1 Å². The molecule has 0 aliphatic carbocycles. The van der Waals surface area contributed by atoms with E-state index >= 15 is 0 Å². The molecule has 1 aliphatic rings. The number of hydrogen-bond acceptors (Lipinski definition) is 4. The fraction of sp³-hybridized carbons (Fsp3) is 0.417. The zero-order valence-corrected chi connectivity index (χ0v) is 9.53. The summed E-state index contributed by atoms with van der Waals surface area (Å²) in [7, 11) is 3.17. The Morgan fingerprint density at radius 3 is 3.06 bits per heavy atom. The lowest BCUT2D eigenvalue weighted by atomic mass is 10.1. The highest BCUT2D eigenvalue weighted by Gasteiger charge is 2.14. The van der Waals surface area contributed by atoms with Crippen LogP contribution < -0.4 is 4.74 Å². The molecule has 0 bridgehead atoms. The van der Waals surface area contributed by atoms with Crippen LogP contribution in [0.2, 0.25) is 0 Å². The Kier molecular flexibility index (Phi) is 3.41. The first kappa shape index (κ1) is 11.0. The second kappa shape index (κ2) is 4.99. The van der Waals surface area contributed by atoms with Gasteiger partial charge in [-0.05, 0) is 23.8 Å². The Labute approximate surface area is 94.8 Å². The lowest BCUT2D eigenvalue weighted by Gasteiger charge is -2.06. The van der Waals surface area contributed by atoms with E-state index in [0.717, 1.165) is 30.1 Å². The largest absolute Gasteiger partial charge is 0.493 e. The van der Waals surface area contributed by atoms with Crippen LogP contribution in [-0.2, 0) is 16.0 Å². The molecule has 2 rings (SSSR count). The van der Waals surface area contributed by atoms with Gasteiger partial charge >= 0.3 is 0 Å². The Bertz CT molecular complexity index is 401. The van der Waals surface area contributed by atoms with Gasteiger partial charge in [-0.1, -0.05) is 5.16 Å². The van der Waals surface area contributed by atoms with Crippen LogP contribution in [-0.4, -0.2) is 33.1 Å². The fourth-order valence-electron chi connectivity index (χ4n) is 1.78. The molecule has 0 amide bonds. The number of hydrogen-bond donors (Lipinski definition) is 0. The van der Waals surface area contributed by atoms with Crippen LogP contribution >= 0.6 is 0 Å². The van der Waals surface area contributed by atoms with Crippen molar-refractivity contribution in [3.63, 3.8) is 0 Å². The summed E-state index contributed by atoms with van der Waals surface area (Å²) in [6, 6.07) is 6.03. The first-order chi connectivity index (χ1) is 7.85. The van der Waals surface area contributed by atoms with Crippen molar-refractivity contribution < 1.29 is 14.3 Å². The highest BCUT2D eigenvalue weighted by atomic mass is 16.6. The molecular weight excluding hydrogens is 206 g/mol. The van der Waals surface area contributed by atoms with Gasteiger partial charge in [-0.25, -0.2) is 0 Å². The second-order valence-corrected chi connectivity index (χ2v) is 3.57. The van der Waals surface area contributed by atoms with E-state index in [9.17, 15) is 0 Å². The van der Waals surface area contributed by atoms with Crippen molar-refractivity contribution in [1.29, 1.82) is 0 Å². The Balaban J connectivity index is 2.28. The SMILES string of the molecule is COC/C(=N\OC)c1ccc2c(c1)CCO2. The fourth-order valence-corrected chi connectivity index (χ4v) is 1.78. The maximum atomic E-state index is 5.45. The average molecular weight is 221 g/mol. The molecule has 0 saturated carbocycles. The van der Waals surface area contributed by atoms with Gasteiger partial charge in [-0.3, -0.25) is 0 Å². The third-order valence-corrected chi connectivity index (χ3v) is 2.51. The average Bonchev–Trinajstić information content (AvgIpc) is 2.75. The third-order valence-electron chi connectivity index (χ3n) is 2.51. The lowest BCUT2D eigenvalue weighted by Crippen LogP contribution is -2.09. The standard InChI is InChI=1S/C12H15NO3/c1-14-8-11(13-15-2)9-3-4-12-10(7-9)5-6-16-12/h3-4,7H,5-6,8H2,1-2H3/b13-11+. The topological polar surface area (TPSA) is 40.0 Å². The highest BCUT2D eigenvalue weighted by molar-refractivity contribution is 6.01. The summed E-state index contributed by atoms with van der Waals surface area (Å²) in [4.78, 5) is 4.81. The number of benzene rings is 1. The minimum atomic E-state index is 0.438. The summed E-state index contributed by atoms with van der Waals surface area (Å²) in [6.07, 6.45) is 0.955. The van der Waals surface area contributed by atoms with Crippen LogP contribution in [0.4, 0.5) is 0 Å². The van der Waals surface area contributed by atoms with Gasteiger partial charge in [0.15, 0.2) is 0 Å². The normalized spacial score (nSPS) is 14.5. The zero-order chi connectivity index (χ0) is 11.4. The number of rotatable bonds is 4. The van der Waals surface area contributed by atoms with Crippen molar-refractivity contribution in [3.05, 3.63) is 29.3 Å². The van der Waals surface area contributed by atoms with Gasteiger partial charge in [0.05, 0.1) is 13.2 Å². The van der Waals surface area contributed by atoms with Gasteiger partial charge in [0, 0.05) is 19.1 Å². The minimum absolute atomic E-state index is 0.438. The van der Waals surface area contributed by atoms with Crippen LogP contribution in [0.3, 0.4) is 0 Å². The van der Waals surface area contributed by atoms with Crippen LogP contribution in [0.1, 0.15) is 11.1 Å². The van der Waals surface area contributed by atoms with Gasteiger partial charge < -0.3 is 14.3 Å². The number of nitrogens with zero attached hydrogens (tertiary/aromatic N) is 1. The molecule has 0 atom stereocenters. The van der Waals surface area contributed by atoms with Crippen LogP contribution in [0.15, 0.2) is 23.4 Å². The molecule has 16 heavy (non-hydrogen) atoms. The summed E-state index contributed by atoms with van der Waals surface area (Å²) in [5, 5.41) is 3.96. The third kappa shape index (κ3) is 2.17. The van der Waals surface area contributed by atoms with E-state index in [-0.39, 0.29) is 0 Å². The molecule has 0 saturated heterocycles. The molecule has 1 aromatic rings. The molecule has 1 aromatic carbocycles. The Hall–Kier alpha value is -1.55. The van der Waals surface area contributed by atoms with E-state index in [2.05, 4.69) is 11.2 Å². The van der Waals surface area contributed by atoms with Gasteiger partial charge in [-0.15, -0.1) is 0 Å². The molecule has 4 heteroatoms. The molecule has 0 spiro atoms. The molecule has 0 fully saturated rings. The summed E-state index contributed by atoms with van der Waals surface area (Å²) >= 11 is 0. The maximum Gasteiger partial charge on any atom is 0.122 e. The van der Waals surface area contributed by atoms with Crippen molar-refractivity contribution in [2.45, 2.75) is 6.42 Å². The monoisotopic (exact) mass is 221 g/mol. The number of ether oxygens (including phenoxy) is 2. The molecule has 0 N–H and O–H groups in total. The summed E-state index contributed by atoms with van der Waals surface area (Å²) < 4.78 is 10.5. The summed E-state index contributed by atoms with van der Waals surface area (Å²) in [5.74, 6) is 0.970. The highest BCUT2D eigenvalue weighted by Crippen LogP contribution is 2.26. The Morgan fingerprint density at radius 2 is 2.31 bits per heavy atom. The molecule has 0 unspecified atom stereocenters. The minimum Gasteiger partial charge on any atom is -0.493 e. The predicted octanol–water partition coefficient (Wildman–Crippen LogP) is 1.62. The van der Waals surface area contributed by atoms with Gasteiger partial charge in [0.1, 0.15) is 18.6 Å². The van der Waals surface area contributed by atoms with Gasteiger partial charge in [0.2, 0.25) is 0 Å². The second-order valence-electron chi connectivity index (χ2n) is 3.57. The zero-order valence-electron chi connectivity index (χ0n) is 9.53. The van der Waals surface area contributed by atoms with Crippen molar-refractivity contribution >= 4 is 5.71 Å². The molecule has 86 valence electrons. The smallest absolute Gasteiger partial charge is 0.122 e. The molecule has 0 aromatic heterocycles. The van der Waals surface area contributed by atoms with E-state index < -0.39 is 0 Å². The van der Waals surface area contributed by atoms with Gasteiger partial charge in [0.25, 0.3) is 0 Å². The van der Waals surface area contributed by atoms with E-state index in [4.69, 9.17) is 14.3 Å². The van der Waals surface area contributed by atoms with Crippen molar-refractivity contribution in [3.8, 4) is 5.75 Å². The van der Waals surface area contributed by atoms with Crippen LogP contribution in [0.5, 0.6) is 5.75 Å². The van der Waals surface area contributed by atoms with E-state index in [1.165, 1.54) is 12.7 Å². The van der Waals surface area contributed by atoms with Crippen molar-refractivity contribution in [2.75, 3.05) is 27.4 Å². The molecule has 1 heterocycles. The predicted molar refractivity (Wildman–Crippen MR) is 61.1 cm³/mol.